The molecule has 0 saturated carbocycles. The summed E-state index contributed by atoms with van der Waals surface area (Å²) in [6, 6.07) is 15.4. The number of fused-ring (bicyclic) bond motifs is 1. The number of hydrogen-bond donors (Lipinski definition) is 3. The number of anilines is 2. The number of nitrogens with zero attached hydrogens (tertiary/aromatic N) is 3. The van der Waals surface area contributed by atoms with E-state index in [1.165, 1.54) is 6.33 Å². The van der Waals surface area contributed by atoms with E-state index in [-0.39, 0.29) is 5.83 Å². The molecule has 5 nitrogen and oxygen atoms in total. The van der Waals surface area contributed by atoms with E-state index in [1.54, 1.807) is 36.7 Å². The summed E-state index contributed by atoms with van der Waals surface area (Å²) in [6.45, 7) is 13.8. The Labute approximate surface area is 233 Å². The normalized spacial score (nSPS) is 16.7. The third kappa shape index (κ3) is 5.54. The predicted octanol–water partition coefficient (Wildman–Crippen LogP) is 8.36. The largest absolute Gasteiger partial charge is 0.356 e. The van der Waals surface area contributed by atoms with Gasteiger partial charge in [0.1, 0.15) is 18.0 Å². The molecule has 2 N–H and O–H groups in total. The minimum absolute atomic E-state index is 0.317. The molecule has 0 spiro atoms. The molecule has 1 aliphatic rings. The summed E-state index contributed by atoms with van der Waals surface area (Å²) in [5.74, 6) is 0.298. The number of rotatable bonds is 8. The molecule has 0 bridgehead atoms. The van der Waals surface area contributed by atoms with E-state index in [1.807, 2.05) is 49.4 Å². The van der Waals surface area contributed by atoms with Gasteiger partial charge >= 0.3 is 0 Å². The predicted molar refractivity (Wildman–Crippen MR) is 162 cm³/mol. The van der Waals surface area contributed by atoms with Gasteiger partial charge in [0, 0.05) is 56.3 Å². The molecule has 7 heteroatoms. The molecule has 4 aromatic rings. The number of nitrogens with one attached hydrogen (secondary N) is 2. The van der Waals surface area contributed by atoms with Crippen LogP contribution in [-0.4, -0.2) is 15.0 Å². The quantitative estimate of drug-likeness (QED) is 0.157. The van der Waals surface area contributed by atoms with Crippen molar-refractivity contribution in [3.63, 3.8) is 0 Å². The number of aromatic nitrogens is 3. The van der Waals surface area contributed by atoms with Gasteiger partial charge < -0.3 is 10.6 Å². The number of allylic oxidation sites excluding steroid dienone is 5. The summed E-state index contributed by atoms with van der Waals surface area (Å²) < 4.78 is 15.8. The van der Waals surface area contributed by atoms with Gasteiger partial charge in [-0.25, -0.2) is 19.3 Å². The summed E-state index contributed by atoms with van der Waals surface area (Å²) in [7, 11) is 0. The fraction of sp³-hybridized carbons (Fsp3) is 0.0938. The van der Waals surface area contributed by atoms with Gasteiger partial charge in [0.15, 0.2) is 0 Å². The van der Waals surface area contributed by atoms with Crippen molar-refractivity contribution in [2.75, 3.05) is 10.6 Å². The number of benzene rings is 2. The zero-order chi connectivity index (χ0) is 27.6. The monoisotopic (exact) mass is 533 g/mol. The molecule has 1 atom stereocenters. The van der Waals surface area contributed by atoms with Crippen molar-refractivity contribution in [2.45, 2.75) is 18.2 Å². The van der Waals surface area contributed by atoms with E-state index in [0.29, 0.717) is 29.2 Å². The Kier molecular flexibility index (Phi) is 7.17. The molecule has 1 unspecified atom stereocenters. The van der Waals surface area contributed by atoms with Gasteiger partial charge in [-0.3, -0.25) is 0 Å². The minimum atomic E-state index is -0.641. The van der Waals surface area contributed by atoms with Gasteiger partial charge in [0.25, 0.3) is 0 Å². The van der Waals surface area contributed by atoms with Gasteiger partial charge in [0.2, 0.25) is 0 Å². The minimum Gasteiger partial charge on any atom is -0.356 e. The second-order valence-electron chi connectivity index (χ2n) is 9.65. The summed E-state index contributed by atoms with van der Waals surface area (Å²) in [5.41, 5.74) is 5.45. The lowest BCUT2D eigenvalue weighted by Gasteiger charge is -2.31. The van der Waals surface area contributed by atoms with Gasteiger partial charge in [-0.15, -0.1) is 12.6 Å². The van der Waals surface area contributed by atoms with Crippen molar-refractivity contribution in [1.82, 2.24) is 15.0 Å². The lowest BCUT2D eigenvalue weighted by atomic mass is 9.77. The van der Waals surface area contributed by atoms with Crippen LogP contribution in [0.5, 0.6) is 0 Å². The van der Waals surface area contributed by atoms with E-state index < -0.39 is 5.41 Å². The first-order valence-electron chi connectivity index (χ1n) is 12.4. The molecule has 0 amide bonds. The zero-order valence-electron chi connectivity index (χ0n) is 21.6. The first-order valence-corrected chi connectivity index (χ1v) is 12.8. The smallest absolute Gasteiger partial charge is 0.131 e. The van der Waals surface area contributed by atoms with E-state index in [4.69, 9.17) is 0 Å². The van der Waals surface area contributed by atoms with Crippen molar-refractivity contribution in [2.24, 2.45) is 5.41 Å². The summed E-state index contributed by atoms with van der Waals surface area (Å²) in [6.07, 6.45) is 10.7. The van der Waals surface area contributed by atoms with E-state index >= 15 is 4.39 Å². The maximum atomic E-state index is 15.8. The van der Waals surface area contributed by atoms with Crippen molar-refractivity contribution in [1.29, 1.82) is 0 Å². The molecule has 1 aliphatic carbocycles. The zero-order valence-corrected chi connectivity index (χ0v) is 22.5. The van der Waals surface area contributed by atoms with Crippen molar-refractivity contribution >= 4 is 40.6 Å². The fourth-order valence-electron chi connectivity index (χ4n) is 4.56. The van der Waals surface area contributed by atoms with Crippen LogP contribution in [0.25, 0.3) is 27.6 Å². The lowest BCUT2D eigenvalue weighted by Crippen LogP contribution is -2.23. The average Bonchev–Trinajstić information content (AvgIpc) is 2.92. The van der Waals surface area contributed by atoms with Crippen LogP contribution in [0, 0.1) is 5.41 Å². The fourth-order valence-corrected chi connectivity index (χ4v) is 4.75. The maximum Gasteiger partial charge on any atom is 0.131 e. The highest BCUT2D eigenvalue weighted by atomic mass is 32.1. The molecule has 0 saturated heterocycles. The molecule has 39 heavy (non-hydrogen) atoms. The summed E-state index contributed by atoms with van der Waals surface area (Å²) in [4.78, 5) is 13.8. The van der Waals surface area contributed by atoms with Crippen LogP contribution < -0.4 is 10.6 Å². The van der Waals surface area contributed by atoms with Gasteiger partial charge in [0.05, 0.1) is 5.52 Å². The summed E-state index contributed by atoms with van der Waals surface area (Å²) in [5, 5.41) is 7.27. The van der Waals surface area contributed by atoms with E-state index in [9.17, 15) is 0 Å². The first-order chi connectivity index (χ1) is 18.8. The maximum absolute atomic E-state index is 15.8. The molecule has 5 rings (SSSR count). The van der Waals surface area contributed by atoms with Gasteiger partial charge in [-0.05, 0) is 66.1 Å². The Morgan fingerprint density at radius 3 is 2.69 bits per heavy atom. The first kappa shape index (κ1) is 26.1. The Morgan fingerprint density at radius 2 is 1.92 bits per heavy atom. The van der Waals surface area contributed by atoms with Crippen LogP contribution in [0.3, 0.4) is 0 Å². The highest BCUT2D eigenvalue weighted by Gasteiger charge is 2.31. The van der Waals surface area contributed by atoms with Crippen molar-refractivity contribution in [3.8, 4) is 11.1 Å². The van der Waals surface area contributed by atoms with Crippen LogP contribution in [0.2, 0.25) is 0 Å². The SMILES string of the molecule is C=CC(=C)Nc1cccc(-c2cc(C3=CCC(C)(C(=C)Nc4cc(S)ccn4)C=C3F)cc3cncnc23)c1. The Balaban J connectivity index is 1.50. The van der Waals surface area contributed by atoms with Gasteiger partial charge in [-0.1, -0.05) is 44.9 Å². The molecular weight excluding hydrogens is 505 g/mol. The van der Waals surface area contributed by atoms with Crippen LogP contribution in [0.4, 0.5) is 15.9 Å². The third-order valence-electron chi connectivity index (χ3n) is 6.79. The van der Waals surface area contributed by atoms with E-state index in [0.717, 1.165) is 38.2 Å². The molecule has 2 aromatic heterocycles. The van der Waals surface area contributed by atoms with Crippen LogP contribution >= 0.6 is 12.6 Å². The molecule has 0 fully saturated rings. The standard InChI is InChI=1S/C32H28FN5S/c1-5-20(2)37-25-8-6-7-22(14-25)28-15-23(13-24-18-34-19-36-31(24)28)27-9-11-32(4,17-29(27)33)21(3)38-30-16-26(39)10-12-35-30/h5-10,12-19,37H,1-3,11H2,4H3,(H2,35,38,39). The van der Waals surface area contributed by atoms with Gasteiger partial charge in [-0.2, -0.15) is 0 Å². The average molecular weight is 534 g/mol. The topological polar surface area (TPSA) is 62.7 Å². The molecule has 194 valence electrons. The number of halogens is 1. The Bertz CT molecular complexity index is 1690. The Morgan fingerprint density at radius 1 is 1.08 bits per heavy atom. The molecule has 0 aliphatic heterocycles. The van der Waals surface area contributed by atoms with Crippen molar-refractivity contribution in [3.05, 3.63) is 128 Å². The second kappa shape index (κ2) is 10.7. The third-order valence-corrected chi connectivity index (χ3v) is 7.07. The number of pyridine rings is 1. The summed E-state index contributed by atoms with van der Waals surface area (Å²) >= 11 is 4.36. The molecular formula is C32H28FN5S. The van der Waals surface area contributed by atoms with Crippen molar-refractivity contribution < 1.29 is 4.39 Å². The highest BCUT2D eigenvalue weighted by molar-refractivity contribution is 7.80. The Hall–Kier alpha value is -4.49. The van der Waals surface area contributed by atoms with Crippen LogP contribution in [0.15, 0.2) is 127 Å². The lowest BCUT2D eigenvalue weighted by molar-refractivity contribution is 0.497. The molecule has 0 radical (unpaired) electrons. The van der Waals surface area contributed by atoms with Crippen LogP contribution in [0.1, 0.15) is 18.9 Å². The van der Waals surface area contributed by atoms with E-state index in [2.05, 4.69) is 58.0 Å². The molecule has 2 heterocycles. The number of hydrogen-bond acceptors (Lipinski definition) is 6. The molecule has 2 aromatic carbocycles. The van der Waals surface area contributed by atoms with Crippen LogP contribution in [-0.2, 0) is 0 Å². The second-order valence-corrected chi connectivity index (χ2v) is 10.2. The number of thiol groups is 1. The highest BCUT2D eigenvalue weighted by Crippen LogP contribution is 2.43.